The highest BCUT2D eigenvalue weighted by atomic mass is 35.5. The standard InChI is InChI=1S/C26H22ClN3O3/c1-16-12-14-18(15-13-16)30-25(28-26(32)19-8-4-6-10-21(19)27)23(24(31)17(2)29-30)20-9-5-7-11-22(20)33-3/h4-15H,1-3H3,(H,28,32). The van der Waals surface area contributed by atoms with Crippen molar-refractivity contribution >= 4 is 23.3 Å². The maximum atomic E-state index is 13.4. The Morgan fingerprint density at radius 1 is 0.970 bits per heavy atom. The molecule has 1 N–H and O–H groups in total. The summed E-state index contributed by atoms with van der Waals surface area (Å²) in [7, 11) is 1.54. The molecule has 0 spiro atoms. The number of benzene rings is 3. The van der Waals surface area contributed by atoms with Crippen LogP contribution in [0, 0.1) is 13.8 Å². The van der Waals surface area contributed by atoms with E-state index >= 15 is 0 Å². The van der Waals surface area contributed by atoms with E-state index in [2.05, 4.69) is 10.4 Å². The molecule has 33 heavy (non-hydrogen) atoms. The monoisotopic (exact) mass is 459 g/mol. The number of amides is 1. The number of halogens is 1. The number of methoxy groups -OCH3 is 1. The van der Waals surface area contributed by atoms with Gasteiger partial charge in [-0.3, -0.25) is 9.59 Å². The van der Waals surface area contributed by atoms with E-state index in [-0.39, 0.29) is 28.1 Å². The van der Waals surface area contributed by atoms with Crippen LogP contribution < -0.4 is 15.5 Å². The number of para-hydroxylation sites is 1. The fourth-order valence-electron chi connectivity index (χ4n) is 3.55. The van der Waals surface area contributed by atoms with Crippen molar-refractivity contribution in [2.45, 2.75) is 13.8 Å². The first-order chi connectivity index (χ1) is 15.9. The van der Waals surface area contributed by atoms with Crippen LogP contribution in [0.3, 0.4) is 0 Å². The lowest BCUT2D eigenvalue weighted by atomic mass is 10.0. The largest absolute Gasteiger partial charge is 0.496 e. The number of aryl methyl sites for hydroxylation is 2. The lowest BCUT2D eigenvalue weighted by Gasteiger charge is -2.19. The van der Waals surface area contributed by atoms with Gasteiger partial charge in [-0.1, -0.05) is 59.6 Å². The van der Waals surface area contributed by atoms with E-state index in [9.17, 15) is 9.59 Å². The van der Waals surface area contributed by atoms with Gasteiger partial charge in [-0.2, -0.15) is 5.10 Å². The molecule has 0 aliphatic heterocycles. The third kappa shape index (κ3) is 4.38. The molecule has 0 saturated heterocycles. The summed E-state index contributed by atoms with van der Waals surface area (Å²) in [4.78, 5) is 26.6. The first-order valence-electron chi connectivity index (χ1n) is 10.3. The molecule has 4 aromatic rings. The van der Waals surface area contributed by atoms with Crippen LogP contribution in [0.2, 0.25) is 5.02 Å². The fourth-order valence-corrected chi connectivity index (χ4v) is 3.77. The number of rotatable bonds is 5. The molecule has 3 aromatic carbocycles. The summed E-state index contributed by atoms with van der Waals surface area (Å²) in [6.45, 7) is 3.62. The predicted octanol–water partition coefficient (Wildman–Crippen LogP) is 5.43. The van der Waals surface area contributed by atoms with Crippen molar-refractivity contribution in [2.75, 3.05) is 12.4 Å². The minimum atomic E-state index is -0.456. The Hall–Kier alpha value is -3.90. The van der Waals surface area contributed by atoms with Crippen LogP contribution in [0.15, 0.2) is 77.6 Å². The van der Waals surface area contributed by atoms with Crippen molar-refractivity contribution in [1.29, 1.82) is 0 Å². The number of nitrogens with zero attached hydrogens (tertiary/aromatic N) is 2. The van der Waals surface area contributed by atoms with E-state index in [0.29, 0.717) is 22.0 Å². The Balaban J connectivity index is 2.01. The number of aromatic nitrogens is 2. The highest BCUT2D eigenvalue weighted by Gasteiger charge is 2.23. The summed E-state index contributed by atoms with van der Waals surface area (Å²) in [6, 6.07) is 21.5. The minimum absolute atomic E-state index is 0.226. The Bertz CT molecular complexity index is 1400. The number of carbonyl (C=O) groups excluding carboxylic acids is 1. The van der Waals surface area contributed by atoms with Crippen LogP contribution >= 0.6 is 11.6 Å². The molecule has 0 saturated carbocycles. The van der Waals surface area contributed by atoms with Gasteiger partial charge in [0.1, 0.15) is 17.3 Å². The van der Waals surface area contributed by atoms with Gasteiger partial charge in [0, 0.05) is 5.56 Å². The van der Waals surface area contributed by atoms with E-state index in [1.807, 2.05) is 43.3 Å². The molecule has 1 heterocycles. The molecular formula is C26H22ClN3O3. The highest BCUT2D eigenvalue weighted by Crippen LogP contribution is 2.34. The number of hydrogen-bond donors (Lipinski definition) is 1. The van der Waals surface area contributed by atoms with Gasteiger partial charge in [0.05, 0.1) is 28.9 Å². The summed E-state index contributed by atoms with van der Waals surface area (Å²) >= 11 is 6.26. The van der Waals surface area contributed by atoms with Crippen molar-refractivity contribution in [3.63, 3.8) is 0 Å². The average Bonchev–Trinajstić information content (AvgIpc) is 2.82. The molecule has 0 aliphatic carbocycles. The molecule has 0 unspecified atom stereocenters. The maximum Gasteiger partial charge on any atom is 0.258 e. The Morgan fingerprint density at radius 2 is 1.64 bits per heavy atom. The van der Waals surface area contributed by atoms with Crippen LogP contribution in [0.4, 0.5) is 5.82 Å². The molecule has 0 aliphatic rings. The molecule has 6 nitrogen and oxygen atoms in total. The lowest BCUT2D eigenvalue weighted by Crippen LogP contribution is -2.25. The van der Waals surface area contributed by atoms with Gasteiger partial charge in [0.25, 0.3) is 5.91 Å². The molecule has 0 bridgehead atoms. The summed E-state index contributed by atoms with van der Waals surface area (Å²) in [5.41, 5.74) is 2.85. The molecule has 1 amide bonds. The smallest absolute Gasteiger partial charge is 0.258 e. The molecule has 7 heteroatoms. The van der Waals surface area contributed by atoms with E-state index in [1.165, 1.54) is 7.11 Å². The van der Waals surface area contributed by atoms with Gasteiger partial charge in [0.2, 0.25) is 5.43 Å². The molecular weight excluding hydrogens is 438 g/mol. The Kier molecular flexibility index (Phi) is 6.29. The first kappa shape index (κ1) is 22.3. The third-order valence-electron chi connectivity index (χ3n) is 5.26. The van der Waals surface area contributed by atoms with E-state index in [1.54, 1.807) is 48.0 Å². The number of anilines is 1. The molecule has 4 rings (SSSR count). The summed E-state index contributed by atoms with van der Waals surface area (Å²) in [5, 5.41) is 7.69. The predicted molar refractivity (Wildman–Crippen MR) is 131 cm³/mol. The number of carbonyl (C=O) groups is 1. The minimum Gasteiger partial charge on any atom is -0.496 e. The summed E-state index contributed by atoms with van der Waals surface area (Å²) in [5.74, 6) is 0.274. The van der Waals surface area contributed by atoms with Crippen LogP contribution in [-0.2, 0) is 0 Å². The van der Waals surface area contributed by atoms with Crippen LogP contribution in [-0.4, -0.2) is 22.8 Å². The highest BCUT2D eigenvalue weighted by molar-refractivity contribution is 6.34. The Labute approximate surface area is 196 Å². The SMILES string of the molecule is COc1ccccc1-c1c(NC(=O)c2ccccc2Cl)n(-c2ccc(C)cc2)nc(C)c1=O. The second-order valence-electron chi connectivity index (χ2n) is 7.52. The zero-order valence-corrected chi connectivity index (χ0v) is 19.2. The van der Waals surface area contributed by atoms with Gasteiger partial charge >= 0.3 is 0 Å². The molecule has 0 radical (unpaired) electrons. The second kappa shape index (κ2) is 9.30. The van der Waals surface area contributed by atoms with Gasteiger partial charge in [-0.05, 0) is 44.2 Å². The van der Waals surface area contributed by atoms with Crippen molar-refractivity contribution in [1.82, 2.24) is 9.78 Å². The van der Waals surface area contributed by atoms with E-state index in [0.717, 1.165) is 5.56 Å². The van der Waals surface area contributed by atoms with Crippen LogP contribution in [0.5, 0.6) is 5.75 Å². The van der Waals surface area contributed by atoms with Crippen molar-refractivity contribution in [2.24, 2.45) is 0 Å². The van der Waals surface area contributed by atoms with Crippen LogP contribution in [0.1, 0.15) is 21.6 Å². The zero-order chi connectivity index (χ0) is 23.5. The normalized spacial score (nSPS) is 10.7. The summed E-state index contributed by atoms with van der Waals surface area (Å²) in [6.07, 6.45) is 0. The zero-order valence-electron chi connectivity index (χ0n) is 18.4. The van der Waals surface area contributed by atoms with Gasteiger partial charge in [-0.15, -0.1) is 0 Å². The fraction of sp³-hybridized carbons (Fsp3) is 0.115. The van der Waals surface area contributed by atoms with E-state index in [4.69, 9.17) is 16.3 Å². The third-order valence-corrected chi connectivity index (χ3v) is 5.59. The molecule has 166 valence electrons. The lowest BCUT2D eigenvalue weighted by molar-refractivity contribution is 0.102. The summed E-state index contributed by atoms with van der Waals surface area (Å²) < 4.78 is 7.08. The molecule has 0 atom stereocenters. The molecule has 1 aromatic heterocycles. The van der Waals surface area contributed by atoms with Gasteiger partial charge in [-0.25, -0.2) is 4.68 Å². The number of nitrogens with one attached hydrogen (secondary N) is 1. The topological polar surface area (TPSA) is 73.2 Å². The quantitative estimate of drug-likeness (QED) is 0.432. The number of hydrogen-bond acceptors (Lipinski definition) is 4. The Morgan fingerprint density at radius 3 is 2.33 bits per heavy atom. The molecule has 0 fully saturated rings. The van der Waals surface area contributed by atoms with Gasteiger partial charge < -0.3 is 10.1 Å². The van der Waals surface area contributed by atoms with Crippen molar-refractivity contribution in [3.8, 4) is 22.6 Å². The van der Waals surface area contributed by atoms with Gasteiger partial charge in [0.15, 0.2) is 0 Å². The van der Waals surface area contributed by atoms with Crippen molar-refractivity contribution < 1.29 is 9.53 Å². The first-order valence-corrected chi connectivity index (χ1v) is 10.7. The maximum absolute atomic E-state index is 13.4. The van der Waals surface area contributed by atoms with Crippen molar-refractivity contribution in [3.05, 3.63) is 105 Å². The average molecular weight is 460 g/mol. The second-order valence-corrected chi connectivity index (χ2v) is 7.93. The van der Waals surface area contributed by atoms with Crippen LogP contribution in [0.25, 0.3) is 16.8 Å². The number of ether oxygens (including phenoxy) is 1. The van der Waals surface area contributed by atoms with E-state index < -0.39 is 5.91 Å².